The van der Waals surface area contributed by atoms with Crippen LogP contribution in [0.1, 0.15) is 16.1 Å². The number of nitrogens with one attached hydrogen (secondary N) is 1. The van der Waals surface area contributed by atoms with Crippen molar-refractivity contribution in [2.45, 2.75) is 19.4 Å². The lowest BCUT2D eigenvalue weighted by Crippen LogP contribution is -2.40. The van der Waals surface area contributed by atoms with E-state index in [1.807, 2.05) is 41.8 Å². The van der Waals surface area contributed by atoms with E-state index in [0.29, 0.717) is 35.6 Å². The van der Waals surface area contributed by atoms with Gasteiger partial charge in [-0.05, 0) is 17.5 Å². The maximum Gasteiger partial charge on any atom is 0.277 e. The second-order valence-corrected chi connectivity index (χ2v) is 8.45. The van der Waals surface area contributed by atoms with Crippen molar-refractivity contribution in [3.8, 4) is 11.3 Å². The molecule has 1 aliphatic rings. The Morgan fingerprint density at radius 2 is 2.10 bits per heavy atom. The highest BCUT2D eigenvalue weighted by Crippen LogP contribution is 2.27. The summed E-state index contributed by atoms with van der Waals surface area (Å²) < 4.78 is 1.44. The smallest absolute Gasteiger partial charge is 0.277 e. The predicted molar refractivity (Wildman–Crippen MR) is 113 cm³/mol. The molecule has 1 aromatic carbocycles. The fourth-order valence-corrected chi connectivity index (χ4v) is 4.62. The van der Waals surface area contributed by atoms with Crippen LogP contribution in [0.25, 0.3) is 16.9 Å². The first-order valence-electron chi connectivity index (χ1n) is 9.29. The third-order valence-electron chi connectivity index (χ3n) is 5.18. The molecule has 0 bridgehead atoms. The fourth-order valence-electron chi connectivity index (χ4n) is 3.69. The minimum absolute atomic E-state index is 0.0332. The van der Waals surface area contributed by atoms with Crippen molar-refractivity contribution in [3.05, 3.63) is 79.4 Å². The van der Waals surface area contributed by atoms with Gasteiger partial charge in [0.1, 0.15) is 0 Å². The number of thiophene rings is 1. The number of rotatable bonds is 3. The number of halogens is 1. The Bertz CT molecular complexity index is 1280. The van der Waals surface area contributed by atoms with E-state index in [4.69, 9.17) is 11.6 Å². The molecule has 146 valence electrons. The topological polar surface area (TPSA) is 70.5 Å². The molecule has 8 heteroatoms. The van der Waals surface area contributed by atoms with Crippen LogP contribution >= 0.6 is 22.9 Å². The molecule has 0 fully saturated rings. The number of H-pyrrole nitrogens is 1. The molecule has 0 unspecified atom stereocenters. The van der Waals surface area contributed by atoms with Crippen LogP contribution in [0.2, 0.25) is 5.02 Å². The zero-order valence-electron chi connectivity index (χ0n) is 15.4. The Balaban J connectivity index is 1.49. The summed E-state index contributed by atoms with van der Waals surface area (Å²) in [4.78, 5) is 33.2. The Morgan fingerprint density at radius 3 is 2.90 bits per heavy atom. The molecule has 0 atom stereocenters. The molecule has 6 nitrogen and oxygen atoms in total. The Hall–Kier alpha value is -2.90. The molecule has 29 heavy (non-hydrogen) atoms. The molecule has 1 N–H and O–H groups in total. The van der Waals surface area contributed by atoms with Crippen LogP contribution in [-0.2, 0) is 24.2 Å². The summed E-state index contributed by atoms with van der Waals surface area (Å²) in [5, 5.41) is 5.67. The van der Waals surface area contributed by atoms with Gasteiger partial charge in [-0.25, -0.2) is 9.50 Å². The van der Waals surface area contributed by atoms with E-state index in [2.05, 4.69) is 10.1 Å². The molecule has 0 saturated carbocycles. The van der Waals surface area contributed by atoms with E-state index in [1.54, 1.807) is 22.3 Å². The molecule has 5 rings (SSSR count). The van der Waals surface area contributed by atoms with Gasteiger partial charge in [-0.1, -0.05) is 35.9 Å². The van der Waals surface area contributed by atoms with E-state index < -0.39 is 0 Å². The minimum Gasteiger partial charge on any atom is -0.337 e. The highest BCUT2D eigenvalue weighted by Gasteiger charge is 2.26. The van der Waals surface area contributed by atoms with Gasteiger partial charge < -0.3 is 4.90 Å². The molecule has 0 radical (unpaired) electrons. The summed E-state index contributed by atoms with van der Waals surface area (Å²) in [6, 6.07) is 13.2. The molecule has 1 amide bonds. The summed E-state index contributed by atoms with van der Waals surface area (Å²) in [5.41, 5.74) is 3.26. The van der Waals surface area contributed by atoms with Crippen LogP contribution in [0, 0.1) is 0 Å². The number of aromatic amines is 1. The molecular weight excluding hydrogens is 408 g/mol. The lowest BCUT2D eigenvalue weighted by Gasteiger charge is -2.27. The van der Waals surface area contributed by atoms with Crippen LogP contribution in [0.5, 0.6) is 0 Å². The normalized spacial score (nSPS) is 13.6. The largest absolute Gasteiger partial charge is 0.337 e. The second kappa shape index (κ2) is 7.17. The molecule has 4 heterocycles. The van der Waals surface area contributed by atoms with E-state index >= 15 is 0 Å². The maximum atomic E-state index is 13.1. The number of nitrogens with zero attached hydrogens (tertiary/aromatic N) is 3. The van der Waals surface area contributed by atoms with Gasteiger partial charge in [0, 0.05) is 34.5 Å². The SMILES string of the molecule is O=C(Cc1cccs1)N1CCc2nc3cc(-c4ccccc4Cl)[nH]n3c(=O)c2C1. The number of benzene rings is 1. The Kier molecular flexibility index (Phi) is 4.49. The average Bonchev–Trinajstić information content (AvgIpc) is 3.38. The minimum atomic E-state index is -0.170. The highest BCUT2D eigenvalue weighted by molar-refractivity contribution is 7.10. The fraction of sp³-hybridized carbons (Fsp3) is 0.190. The number of hydrogen-bond acceptors (Lipinski definition) is 4. The molecule has 0 spiro atoms. The molecule has 3 aromatic heterocycles. The van der Waals surface area contributed by atoms with Gasteiger partial charge in [-0.2, -0.15) is 0 Å². The van der Waals surface area contributed by atoms with E-state index in [-0.39, 0.29) is 18.0 Å². The standard InChI is InChI=1S/C21H17ClN4O2S/c22-16-6-2-1-5-14(16)18-11-19-23-17-7-8-25(12-15(17)21(28)26(19)24-18)20(27)10-13-4-3-9-29-13/h1-6,9,11,24H,7-8,10,12H2. The van der Waals surface area contributed by atoms with Crippen LogP contribution in [0.15, 0.2) is 52.6 Å². The summed E-state index contributed by atoms with van der Waals surface area (Å²) in [6.45, 7) is 0.858. The van der Waals surface area contributed by atoms with E-state index in [1.165, 1.54) is 4.52 Å². The predicted octanol–water partition coefficient (Wildman–Crippen LogP) is 3.53. The molecular formula is C21H17ClN4O2S. The highest BCUT2D eigenvalue weighted by atomic mass is 35.5. The number of amides is 1. The first kappa shape index (κ1) is 18.1. The second-order valence-electron chi connectivity index (χ2n) is 7.01. The van der Waals surface area contributed by atoms with Crippen molar-refractivity contribution in [3.63, 3.8) is 0 Å². The number of carbonyl (C=O) groups is 1. The van der Waals surface area contributed by atoms with Crippen molar-refractivity contribution in [1.82, 2.24) is 19.5 Å². The average molecular weight is 425 g/mol. The van der Waals surface area contributed by atoms with Gasteiger partial charge in [0.2, 0.25) is 5.91 Å². The Morgan fingerprint density at radius 1 is 1.24 bits per heavy atom. The van der Waals surface area contributed by atoms with Crippen LogP contribution in [0.3, 0.4) is 0 Å². The third kappa shape index (κ3) is 3.26. The van der Waals surface area contributed by atoms with Crippen LogP contribution < -0.4 is 5.56 Å². The lowest BCUT2D eigenvalue weighted by molar-refractivity contribution is -0.131. The first-order valence-corrected chi connectivity index (χ1v) is 10.5. The van der Waals surface area contributed by atoms with Crippen molar-refractivity contribution in [1.29, 1.82) is 0 Å². The zero-order valence-corrected chi connectivity index (χ0v) is 17.0. The number of fused-ring (bicyclic) bond motifs is 2. The summed E-state index contributed by atoms with van der Waals surface area (Å²) >= 11 is 7.86. The first-order chi connectivity index (χ1) is 14.1. The van der Waals surface area contributed by atoms with Crippen LogP contribution in [-0.4, -0.2) is 31.9 Å². The number of carbonyl (C=O) groups excluding carboxylic acids is 1. The molecule has 1 aliphatic heterocycles. The summed E-state index contributed by atoms with van der Waals surface area (Å²) in [5.74, 6) is 0.0332. The van der Waals surface area contributed by atoms with Gasteiger partial charge in [0.05, 0.1) is 29.9 Å². The maximum absolute atomic E-state index is 13.1. The lowest BCUT2D eigenvalue weighted by atomic mass is 10.1. The van der Waals surface area contributed by atoms with Gasteiger partial charge in [0.15, 0.2) is 5.65 Å². The Labute approximate surface area is 175 Å². The van der Waals surface area contributed by atoms with Crippen LogP contribution in [0.4, 0.5) is 0 Å². The van der Waals surface area contributed by atoms with Crippen molar-refractivity contribution in [2.24, 2.45) is 0 Å². The quantitative estimate of drug-likeness (QED) is 0.547. The molecule has 4 aromatic rings. The van der Waals surface area contributed by atoms with E-state index in [9.17, 15) is 9.59 Å². The van der Waals surface area contributed by atoms with E-state index in [0.717, 1.165) is 21.8 Å². The van der Waals surface area contributed by atoms with Crippen molar-refractivity contribution < 1.29 is 4.79 Å². The van der Waals surface area contributed by atoms with Gasteiger partial charge in [-0.3, -0.25) is 14.7 Å². The van der Waals surface area contributed by atoms with Crippen molar-refractivity contribution >= 4 is 34.5 Å². The molecule has 0 saturated heterocycles. The molecule has 0 aliphatic carbocycles. The zero-order chi connectivity index (χ0) is 20.0. The van der Waals surface area contributed by atoms with Gasteiger partial charge in [0.25, 0.3) is 5.56 Å². The summed E-state index contributed by atoms with van der Waals surface area (Å²) in [6.07, 6.45) is 0.938. The van der Waals surface area contributed by atoms with Gasteiger partial charge in [-0.15, -0.1) is 11.3 Å². The monoisotopic (exact) mass is 424 g/mol. The van der Waals surface area contributed by atoms with Crippen molar-refractivity contribution in [2.75, 3.05) is 6.54 Å². The number of hydrogen-bond donors (Lipinski definition) is 1. The third-order valence-corrected chi connectivity index (χ3v) is 6.39. The van der Waals surface area contributed by atoms with Gasteiger partial charge >= 0.3 is 0 Å². The summed E-state index contributed by atoms with van der Waals surface area (Å²) in [7, 11) is 0. The number of aromatic nitrogens is 3.